The number of aromatic nitrogens is 1. The Morgan fingerprint density at radius 3 is 2.58 bits per heavy atom. The van der Waals surface area contributed by atoms with Crippen molar-refractivity contribution >= 4 is 17.3 Å². The van der Waals surface area contributed by atoms with E-state index in [1.54, 1.807) is 0 Å². The summed E-state index contributed by atoms with van der Waals surface area (Å²) in [5, 5.41) is 2.08. The number of benzene rings is 1. The summed E-state index contributed by atoms with van der Waals surface area (Å²) in [7, 11) is 0. The van der Waals surface area contributed by atoms with Gasteiger partial charge in [-0.25, -0.2) is 13.2 Å². The molecule has 1 aromatic heterocycles. The maximum absolute atomic E-state index is 13.3. The molecule has 0 aliphatic carbocycles. The van der Waals surface area contributed by atoms with Gasteiger partial charge in [-0.05, 0) is 24.3 Å². The van der Waals surface area contributed by atoms with Gasteiger partial charge in [0.25, 0.3) is 5.91 Å². The maximum atomic E-state index is 13.3. The Kier molecular flexibility index (Phi) is 3.37. The highest BCUT2D eigenvalue weighted by molar-refractivity contribution is 6.03. The number of nitrogen functional groups attached to an aromatic ring is 1. The number of pyridine rings is 1. The van der Waals surface area contributed by atoms with Gasteiger partial charge in [-0.15, -0.1) is 0 Å². The Hall–Kier alpha value is -2.57. The molecule has 1 aromatic carbocycles. The Morgan fingerprint density at radius 1 is 1.16 bits per heavy atom. The van der Waals surface area contributed by atoms with E-state index >= 15 is 0 Å². The average Bonchev–Trinajstić information content (AvgIpc) is 2.39. The molecule has 0 aliphatic rings. The minimum Gasteiger partial charge on any atom is -0.399 e. The molecule has 1 amide bonds. The summed E-state index contributed by atoms with van der Waals surface area (Å²) < 4.78 is 39.0. The topological polar surface area (TPSA) is 68.0 Å². The van der Waals surface area contributed by atoms with E-state index in [2.05, 4.69) is 10.3 Å². The lowest BCUT2D eigenvalue weighted by Crippen LogP contribution is -2.15. The van der Waals surface area contributed by atoms with Gasteiger partial charge in [0.05, 0.1) is 5.69 Å². The van der Waals surface area contributed by atoms with E-state index in [0.29, 0.717) is 11.8 Å². The lowest BCUT2D eigenvalue weighted by atomic mass is 10.2. The van der Waals surface area contributed by atoms with E-state index in [4.69, 9.17) is 5.73 Å². The van der Waals surface area contributed by atoms with Crippen molar-refractivity contribution in [1.82, 2.24) is 4.98 Å². The number of nitrogens with two attached hydrogens (primary N) is 1. The normalized spacial score (nSPS) is 10.3. The van der Waals surface area contributed by atoms with Crippen molar-refractivity contribution in [2.24, 2.45) is 0 Å². The van der Waals surface area contributed by atoms with Crippen LogP contribution in [0.4, 0.5) is 24.5 Å². The molecule has 3 N–H and O–H groups in total. The van der Waals surface area contributed by atoms with Gasteiger partial charge >= 0.3 is 0 Å². The molecule has 0 spiro atoms. The Balaban J connectivity index is 2.27. The van der Waals surface area contributed by atoms with Crippen molar-refractivity contribution in [2.45, 2.75) is 0 Å². The molecule has 0 saturated heterocycles. The first-order chi connectivity index (χ1) is 8.99. The first-order valence-electron chi connectivity index (χ1n) is 5.15. The van der Waals surface area contributed by atoms with Gasteiger partial charge in [0.15, 0.2) is 17.5 Å². The van der Waals surface area contributed by atoms with E-state index in [1.165, 1.54) is 18.3 Å². The monoisotopic (exact) mass is 267 g/mol. The Morgan fingerprint density at radius 2 is 1.89 bits per heavy atom. The van der Waals surface area contributed by atoms with Crippen LogP contribution in [0.15, 0.2) is 30.5 Å². The largest absolute Gasteiger partial charge is 0.399 e. The smallest absolute Gasteiger partial charge is 0.274 e. The number of nitrogens with one attached hydrogen (secondary N) is 1. The number of nitrogens with zero attached hydrogens (tertiary/aromatic N) is 1. The molecular weight excluding hydrogens is 259 g/mol. The Bertz CT molecular complexity index is 646. The highest BCUT2D eigenvalue weighted by atomic mass is 19.2. The predicted molar refractivity (Wildman–Crippen MR) is 62.9 cm³/mol. The third-order valence-electron chi connectivity index (χ3n) is 2.30. The van der Waals surface area contributed by atoms with Crippen molar-refractivity contribution in [3.8, 4) is 0 Å². The lowest BCUT2D eigenvalue weighted by molar-refractivity contribution is 0.102. The maximum Gasteiger partial charge on any atom is 0.274 e. The summed E-state index contributed by atoms with van der Waals surface area (Å²) in [6.07, 6.45) is 1.30. The molecule has 0 radical (unpaired) electrons. The van der Waals surface area contributed by atoms with E-state index in [-0.39, 0.29) is 5.69 Å². The van der Waals surface area contributed by atoms with Gasteiger partial charge in [0, 0.05) is 11.9 Å². The SMILES string of the molecule is Nc1ccnc(C(=O)Nc2ccc(F)c(F)c2F)c1. The van der Waals surface area contributed by atoms with Crippen LogP contribution in [0.25, 0.3) is 0 Å². The third-order valence-corrected chi connectivity index (χ3v) is 2.30. The van der Waals surface area contributed by atoms with Crippen LogP contribution in [-0.4, -0.2) is 10.9 Å². The molecule has 0 fully saturated rings. The van der Waals surface area contributed by atoms with Crippen LogP contribution in [0.3, 0.4) is 0 Å². The summed E-state index contributed by atoms with van der Waals surface area (Å²) in [5.41, 5.74) is 5.21. The second kappa shape index (κ2) is 4.97. The fraction of sp³-hybridized carbons (Fsp3) is 0. The van der Waals surface area contributed by atoms with E-state index in [0.717, 1.165) is 6.07 Å². The van der Waals surface area contributed by atoms with Crippen LogP contribution in [-0.2, 0) is 0 Å². The van der Waals surface area contributed by atoms with E-state index in [9.17, 15) is 18.0 Å². The highest BCUT2D eigenvalue weighted by Crippen LogP contribution is 2.20. The minimum atomic E-state index is -1.65. The number of amides is 1. The zero-order valence-corrected chi connectivity index (χ0v) is 9.45. The molecule has 98 valence electrons. The molecule has 7 heteroatoms. The standard InChI is InChI=1S/C12H8F3N3O/c13-7-1-2-8(11(15)10(7)14)18-12(19)9-5-6(16)3-4-17-9/h1-5H,(H2,16,17)(H,18,19). The number of hydrogen-bond acceptors (Lipinski definition) is 3. The van der Waals surface area contributed by atoms with Crippen molar-refractivity contribution in [1.29, 1.82) is 0 Å². The van der Waals surface area contributed by atoms with Gasteiger partial charge in [0.2, 0.25) is 0 Å². The molecule has 0 atom stereocenters. The fourth-order valence-electron chi connectivity index (χ4n) is 1.38. The zero-order valence-electron chi connectivity index (χ0n) is 9.45. The molecule has 19 heavy (non-hydrogen) atoms. The molecule has 0 unspecified atom stereocenters. The van der Waals surface area contributed by atoms with Gasteiger partial charge in [0.1, 0.15) is 5.69 Å². The number of carbonyl (C=O) groups excluding carboxylic acids is 1. The van der Waals surface area contributed by atoms with E-state index < -0.39 is 29.0 Å². The van der Waals surface area contributed by atoms with Gasteiger partial charge in [-0.2, -0.15) is 0 Å². The van der Waals surface area contributed by atoms with Gasteiger partial charge in [-0.3, -0.25) is 9.78 Å². The van der Waals surface area contributed by atoms with Crippen molar-refractivity contribution in [3.63, 3.8) is 0 Å². The summed E-state index contributed by atoms with van der Waals surface area (Å²) >= 11 is 0. The second-order valence-electron chi connectivity index (χ2n) is 3.65. The van der Waals surface area contributed by atoms with Gasteiger partial charge in [-0.1, -0.05) is 0 Å². The number of rotatable bonds is 2. The molecule has 2 aromatic rings. The number of anilines is 2. The quantitative estimate of drug-likeness (QED) is 0.820. The van der Waals surface area contributed by atoms with Crippen LogP contribution in [0.5, 0.6) is 0 Å². The molecule has 0 saturated carbocycles. The highest BCUT2D eigenvalue weighted by Gasteiger charge is 2.16. The third kappa shape index (κ3) is 2.65. The van der Waals surface area contributed by atoms with Gasteiger partial charge < -0.3 is 11.1 Å². The molecule has 4 nitrogen and oxygen atoms in total. The van der Waals surface area contributed by atoms with Crippen LogP contribution in [0.2, 0.25) is 0 Å². The fourth-order valence-corrected chi connectivity index (χ4v) is 1.38. The molecule has 0 bridgehead atoms. The Labute approximate surface area is 106 Å². The van der Waals surface area contributed by atoms with E-state index in [1.807, 2.05) is 0 Å². The first-order valence-corrected chi connectivity index (χ1v) is 5.15. The van der Waals surface area contributed by atoms with Crippen LogP contribution in [0, 0.1) is 17.5 Å². The number of hydrogen-bond donors (Lipinski definition) is 2. The second-order valence-corrected chi connectivity index (χ2v) is 3.65. The summed E-state index contributed by atoms with van der Waals surface area (Å²) in [5.74, 6) is -5.25. The molecule has 1 heterocycles. The van der Waals surface area contributed by atoms with Crippen molar-refractivity contribution < 1.29 is 18.0 Å². The number of halogens is 3. The van der Waals surface area contributed by atoms with Crippen LogP contribution < -0.4 is 11.1 Å². The van der Waals surface area contributed by atoms with Crippen molar-refractivity contribution in [2.75, 3.05) is 11.1 Å². The average molecular weight is 267 g/mol. The summed E-state index contributed by atoms with van der Waals surface area (Å²) in [6.45, 7) is 0. The predicted octanol–water partition coefficient (Wildman–Crippen LogP) is 2.33. The summed E-state index contributed by atoms with van der Waals surface area (Å²) in [4.78, 5) is 15.4. The minimum absolute atomic E-state index is 0.0656. The van der Waals surface area contributed by atoms with Crippen LogP contribution in [0.1, 0.15) is 10.5 Å². The lowest BCUT2D eigenvalue weighted by Gasteiger charge is -2.07. The molecule has 0 aliphatic heterocycles. The zero-order chi connectivity index (χ0) is 14.0. The first kappa shape index (κ1) is 12.9. The number of carbonyl (C=O) groups is 1. The van der Waals surface area contributed by atoms with Crippen molar-refractivity contribution in [3.05, 3.63) is 53.6 Å². The molecule has 2 rings (SSSR count). The molecular formula is C12H8F3N3O. The summed E-state index contributed by atoms with van der Waals surface area (Å²) in [6, 6.07) is 4.36. The van der Waals surface area contributed by atoms with Crippen LogP contribution >= 0.6 is 0 Å².